The quantitative estimate of drug-likeness (QED) is 0.744. The largest absolute Gasteiger partial charge is 0.484 e. The van der Waals surface area contributed by atoms with E-state index in [9.17, 15) is 9.59 Å². The molecule has 1 fully saturated rings. The van der Waals surface area contributed by atoms with Gasteiger partial charge in [-0.05, 0) is 30.7 Å². The van der Waals surface area contributed by atoms with E-state index in [0.29, 0.717) is 24.4 Å². The monoisotopic (exact) mass is 353 g/mol. The summed E-state index contributed by atoms with van der Waals surface area (Å²) in [6, 6.07) is 10.9. The van der Waals surface area contributed by atoms with E-state index < -0.39 is 0 Å². The first-order valence-corrected chi connectivity index (χ1v) is 8.74. The first-order valence-electron chi connectivity index (χ1n) is 8.74. The zero-order chi connectivity index (χ0) is 18.4. The van der Waals surface area contributed by atoms with Gasteiger partial charge < -0.3 is 9.64 Å². The molecule has 1 saturated heterocycles. The molecule has 0 spiro atoms. The molecule has 1 aliphatic heterocycles. The fraction of sp³-hybridized carbons (Fsp3) is 0.350. The summed E-state index contributed by atoms with van der Waals surface area (Å²) in [5.41, 5.74) is 1.76. The van der Waals surface area contributed by atoms with Crippen molar-refractivity contribution in [1.29, 1.82) is 0 Å². The van der Waals surface area contributed by atoms with Crippen molar-refractivity contribution < 1.29 is 14.3 Å². The second-order valence-corrected chi connectivity index (χ2v) is 6.39. The number of piperazine rings is 1. The van der Waals surface area contributed by atoms with Gasteiger partial charge in [-0.1, -0.05) is 18.2 Å². The van der Waals surface area contributed by atoms with Gasteiger partial charge in [-0.25, -0.2) is 0 Å². The fourth-order valence-corrected chi connectivity index (χ4v) is 2.95. The van der Waals surface area contributed by atoms with Gasteiger partial charge in [0.1, 0.15) is 5.75 Å². The van der Waals surface area contributed by atoms with Gasteiger partial charge >= 0.3 is 0 Å². The van der Waals surface area contributed by atoms with Gasteiger partial charge in [0.15, 0.2) is 12.4 Å². The Morgan fingerprint density at radius 1 is 1.12 bits per heavy atom. The van der Waals surface area contributed by atoms with Gasteiger partial charge in [0.2, 0.25) is 0 Å². The number of ketones is 1. The lowest BCUT2D eigenvalue weighted by atomic mass is 10.1. The minimum absolute atomic E-state index is 0.00996. The molecular weight excluding hydrogens is 330 g/mol. The van der Waals surface area contributed by atoms with Gasteiger partial charge in [0.25, 0.3) is 5.91 Å². The summed E-state index contributed by atoms with van der Waals surface area (Å²) in [7, 11) is 0. The third kappa shape index (κ3) is 4.89. The van der Waals surface area contributed by atoms with E-state index in [1.807, 2.05) is 17.2 Å². The van der Waals surface area contributed by atoms with Crippen LogP contribution in [0.4, 0.5) is 0 Å². The second-order valence-electron chi connectivity index (χ2n) is 6.39. The molecule has 0 unspecified atom stereocenters. The van der Waals surface area contributed by atoms with Gasteiger partial charge in [0.05, 0.1) is 0 Å². The Balaban J connectivity index is 1.45. The molecule has 0 radical (unpaired) electrons. The predicted molar refractivity (Wildman–Crippen MR) is 98.0 cm³/mol. The van der Waals surface area contributed by atoms with Crippen molar-refractivity contribution in [2.45, 2.75) is 13.5 Å². The van der Waals surface area contributed by atoms with E-state index in [0.717, 1.165) is 19.6 Å². The van der Waals surface area contributed by atoms with Crippen LogP contribution in [-0.4, -0.2) is 59.3 Å². The summed E-state index contributed by atoms with van der Waals surface area (Å²) < 4.78 is 5.57. The number of hydrogen-bond donors (Lipinski definition) is 0. The molecule has 0 N–H and O–H groups in total. The third-order valence-corrected chi connectivity index (χ3v) is 4.46. The van der Waals surface area contributed by atoms with Crippen LogP contribution in [-0.2, 0) is 11.3 Å². The highest BCUT2D eigenvalue weighted by molar-refractivity contribution is 5.94. The predicted octanol–water partition coefficient (Wildman–Crippen LogP) is 2.01. The van der Waals surface area contributed by atoms with Crippen LogP contribution in [0.5, 0.6) is 5.75 Å². The van der Waals surface area contributed by atoms with Crippen LogP contribution in [0.15, 0.2) is 48.8 Å². The normalized spacial score (nSPS) is 14.9. The molecule has 1 aromatic carbocycles. The van der Waals surface area contributed by atoms with Crippen LogP contribution in [0.25, 0.3) is 0 Å². The van der Waals surface area contributed by atoms with Crippen molar-refractivity contribution in [2.24, 2.45) is 0 Å². The fourth-order valence-electron chi connectivity index (χ4n) is 2.95. The Bertz CT molecular complexity index is 756. The summed E-state index contributed by atoms with van der Waals surface area (Å²) in [5, 5.41) is 0. The van der Waals surface area contributed by atoms with E-state index in [1.165, 1.54) is 12.5 Å². The standard InChI is InChI=1S/C20H23N3O3/c1-16(24)18-5-2-6-19(12-18)26-15-20(25)23-10-8-22(9-11-23)14-17-4-3-7-21-13-17/h2-7,12-13H,8-11,14-15H2,1H3. The lowest BCUT2D eigenvalue weighted by molar-refractivity contribution is -0.135. The number of pyridine rings is 1. The minimum Gasteiger partial charge on any atom is -0.484 e. The topological polar surface area (TPSA) is 62.7 Å². The molecular formula is C20H23N3O3. The zero-order valence-corrected chi connectivity index (χ0v) is 14.9. The van der Waals surface area contributed by atoms with E-state index in [-0.39, 0.29) is 18.3 Å². The first-order chi connectivity index (χ1) is 12.6. The molecule has 0 aliphatic carbocycles. The molecule has 6 nitrogen and oxygen atoms in total. The molecule has 0 bridgehead atoms. The Hall–Kier alpha value is -2.73. The van der Waals surface area contributed by atoms with Crippen molar-refractivity contribution in [2.75, 3.05) is 32.8 Å². The molecule has 1 aromatic heterocycles. The maximum atomic E-state index is 12.4. The van der Waals surface area contributed by atoms with Crippen molar-refractivity contribution in [3.05, 3.63) is 59.9 Å². The van der Waals surface area contributed by atoms with Crippen molar-refractivity contribution in [3.63, 3.8) is 0 Å². The third-order valence-electron chi connectivity index (χ3n) is 4.46. The number of benzene rings is 1. The van der Waals surface area contributed by atoms with E-state index >= 15 is 0 Å². The lowest BCUT2D eigenvalue weighted by Gasteiger charge is -2.34. The SMILES string of the molecule is CC(=O)c1cccc(OCC(=O)N2CCN(Cc3cccnc3)CC2)c1. The average molecular weight is 353 g/mol. The molecule has 3 rings (SSSR count). The lowest BCUT2D eigenvalue weighted by Crippen LogP contribution is -2.49. The number of carbonyl (C=O) groups is 2. The number of rotatable bonds is 6. The summed E-state index contributed by atoms with van der Waals surface area (Å²) in [5.74, 6) is 0.493. The van der Waals surface area contributed by atoms with Gasteiger partial charge in [-0.15, -0.1) is 0 Å². The molecule has 0 atom stereocenters. The number of hydrogen-bond acceptors (Lipinski definition) is 5. The maximum Gasteiger partial charge on any atom is 0.260 e. The molecule has 6 heteroatoms. The molecule has 1 aliphatic rings. The summed E-state index contributed by atoms with van der Waals surface area (Å²) in [6.45, 7) is 5.40. The second kappa shape index (κ2) is 8.58. The smallest absolute Gasteiger partial charge is 0.260 e. The van der Waals surface area contributed by atoms with E-state index in [1.54, 1.807) is 30.5 Å². The Morgan fingerprint density at radius 3 is 2.62 bits per heavy atom. The average Bonchev–Trinajstić information content (AvgIpc) is 2.68. The molecule has 0 saturated carbocycles. The molecule has 136 valence electrons. The van der Waals surface area contributed by atoms with Crippen LogP contribution in [0, 0.1) is 0 Å². The molecule has 2 aromatic rings. The summed E-state index contributed by atoms with van der Waals surface area (Å²) in [4.78, 5) is 32.0. The summed E-state index contributed by atoms with van der Waals surface area (Å²) in [6.07, 6.45) is 3.65. The van der Waals surface area contributed by atoms with Crippen LogP contribution < -0.4 is 4.74 Å². The molecule has 1 amide bonds. The van der Waals surface area contributed by atoms with E-state index in [4.69, 9.17) is 4.74 Å². The van der Waals surface area contributed by atoms with E-state index in [2.05, 4.69) is 16.0 Å². The Labute approximate surface area is 153 Å². The van der Waals surface area contributed by atoms with Crippen molar-refractivity contribution in [1.82, 2.24) is 14.8 Å². The van der Waals surface area contributed by atoms with Crippen molar-refractivity contribution >= 4 is 11.7 Å². The van der Waals surface area contributed by atoms with Crippen LogP contribution in [0.1, 0.15) is 22.8 Å². The Kier molecular flexibility index (Phi) is 5.96. The Morgan fingerprint density at radius 2 is 1.92 bits per heavy atom. The maximum absolute atomic E-state index is 12.4. The first kappa shape index (κ1) is 18.1. The molecule has 26 heavy (non-hydrogen) atoms. The van der Waals surface area contributed by atoms with Crippen LogP contribution in [0.3, 0.4) is 0 Å². The number of aromatic nitrogens is 1. The minimum atomic E-state index is -0.0285. The van der Waals surface area contributed by atoms with Crippen LogP contribution in [0.2, 0.25) is 0 Å². The number of carbonyl (C=O) groups excluding carboxylic acids is 2. The number of Topliss-reactive ketones (excluding diaryl/α,β-unsaturated/α-hetero) is 1. The van der Waals surface area contributed by atoms with Gasteiger partial charge in [-0.3, -0.25) is 19.5 Å². The number of ether oxygens (including phenoxy) is 1. The highest BCUT2D eigenvalue weighted by atomic mass is 16.5. The number of amides is 1. The summed E-state index contributed by atoms with van der Waals surface area (Å²) >= 11 is 0. The highest BCUT2D eigenvalue weighted by Gasteiger charge is 2.21. The van der Waals surface area contributed by atoms with Gasteiger partial charge in [0, 0.05) is 50.7 Å². The molecule has 2 heterocycles. The van der Waals surface area contributed by atoms with Crippen LogP contribution >= 0.6 is 0 Å². The van der Waals surface area contributed by atoms with Crippen molar-refractivity contribution in [3.8, 4) is 5.75 Å². The zero-order valence-electron chi connectivity index (χ0n) is 14.9. The number of nitrogens with zero attached hydrogens (tertiary/aromatic N) is 3. The highest BCUT2D eigenvalue weighted by Crippen LogP contribution is 2.14. The van der Waals surface area contributed by atoms with Gasteiger partial charge in [-0.2, -0.15) is 0 Å².